The van der Waals surface area contributed by atoms with Crippen LogP contribution in [0.25, 0.3) is 0 Å². The van der Waals surface area contributed by atoms with Crippen LogP contribution in [0.15, 0.2) is 53.0 Å². The molecule has 1 fully saturated rings. The third-order valence-electron chi connectivity index (χ3n) is 8.10. The number of methoxy groups -OCH3 is 1. The van der Waals surface area contributed by atoms with Crippen LogP contribution < -0.4 is 20.1 Å². The fourth-order valence-corrected chi connectivity index (χ4v) is 6.66. The number of carbonyl (C=O) groups excluding carboxylic acids is 3. The van der Waals surface area contributed by atoms with E-state index in [4.69, 9.17) is 9.47 Å². The number of carbonyl (C=O) groups is 3. The summed E-state index contributed by atoms with van der Waals surface area (Å²) in [6.07, 6.45) is -0.526. The van der Waals surface area contributed by atoms with E-state index < -0.39 is 41.0 Å². The SMILES string of the molecule is COc1cc(C2C(C(=O)Nc3ccc(C)cc3C)C(=O)CC(C)(O)C2C(=O)Nc2ccc(C)cc2C)cc(Br)c1OC(C)C. The van der Waals surface area contributed by atoms with Crippen molar-refractivity contribution in [2.45, 2.75) is 72.5 Å². The van der Waals surface area contributed by atoms with Gasteiger partial charge in [-0.25, -0.2) is 0 Å². The van der Waals surface area contributed by atoms with Crippen molar-refractivity contribution < 1.29 is 29.0 Å². The molecular weight excluding hydrogens is 624 g/mol. The van der Waals surface area contributed by atoms with E-state index in [1.54, 1.807) is 18.2 Å². The van der Waals surface area contributed by atoms with E-state index >= 15 is 0 Å². The van der Waals surface area contributed by atoms with E-state index in [9.17, 15) is 19.5 Å². The Labute approximate surface area is 267 Å². The van der Waals surface area contributed by atoms with Crippen LogP contribution in [0.5, 0.6) is 11.5 Å². The zero-order valence-electron chi connectivity index (χ0n) is 26.5. The molecule has 0 radical (unpaired) electrons. The van der Waals surface area contributed by atoms with Gasteiger partial charge in [-0.05, 0) is 105 Å². The van der Waals surface area contributed by atoms with Crippen molar-refractivity contribution in [1.29, 1.82) is 0 Å². The van der Waals surface area contributed by atoms with Gasteiger partial charge < -0.3 is 25.2 Å². The van der Waals surface area contributed by atoms with Gasteiger partial charge in [0.1, 0.15) is 11.7 Å². The van der Waals surface area contributed by atoms with Gasteiger partial charge in [0.05, 0.1) is 29.2 Å². The summed E-state index contributed by atoms with van der Waals surface area (Å²) in [5.41, 5.74) is 3.64. The molecule has 0 aromatic heterocycles. The fraction of sp³-hybridized carbons (Fsp3) is 0.400. The summed E-state index contributed by atoms with van der Waals surface area (Å²) >= 11 is 3.58. The Morgan fingerprint density at radius 1 is 0.932 bits per heavy atom. The average molecular weight is 666 g/mol. The van der Waals surface area contributed by atoms with E-state index in [1.807, 2.05) is 71.9 Å². The Hall–Kier alpha value is -3.69. The lowest BCUT2D eigenvalue weighted by molar-refractivity contribution is -0.150. The third-order valence-corrected chi connectivity index (χ3v) is 8.69. The highest BCUT2D eigenvalue weighted by molar-refractivity contribution is 9.10. The van der Waals surface area contributed by atoms with E-state index in [-0.39, 0.29) is 12.5 Å². The molecule has 1 aliphatic carbocycles. The Morgan fingerprint density at radius 3 is 1.98 bits per heavy atom. The maximum absolute atomic E-state index is 14.2. The van der Waals surface area contributed by atoms with Crippen LogP contribution in [-0.2, 0) is 14.4 Å². The van der Waals surface area contributed by atoms with Crippen molar-refractivity contribution in [3.63, 3.8) is 0 Å². The molecule has 3 N–H and O–H groups in total. The van der Waals surface area contributed by atoms with Gasteiger partial charge >= 0.3 is 0 Å². The van der Waals surface area contributed by atoms with E-state index in [2.05, 4.69) is 26.6 Å². The molecule has 0 bridgehead atoms. The van der Waals surface area contributed by atoms with Gasteiger partial charge in [0.15, 0.2) is 11.5 Å². The molecule has 8 nitrogen and oxygen atoms in total. The third kappa shape index (κ3) is 7.00. The molecule has 4 unspecified atom stereocenters. The number of halogens is 1. The number of benzene rings is 3. The highest BCUT2D eigenvalue weighted by Gasteiger charge is 2.56. The van der Waals surface area contributed by atoms with Crippen LogP contribution in [0.4, 0.5) is 11.4 Å². The van der Waals surface area contributed by atoms with E-state index in [0.717, 1.165) is 22.3 Å². The van der Waals surface area contributed by atoms with Crippen LogP contribution in [-0.4, -0.2) is 41.5 Å². The predicted molar refractivity (Wildman–Crippen MR) is 176 cm³/mol. The van der Waals surface area contributed by atoms with Crippen LogP contribution >= 0.6 is 15.9 Å². The monoisotopic (exact) mass is 664 g/mol. The van der Waals surface area contributed by atoms with E-state index in [1.165, 1.54) is 14.0 Å². The minimum Gasteiger partial charge on any atom is -0.493 e. The van der Waals surface area contributed by atoms with Crippen molar-refractivity contribution in [3.05, 3.63) is 80.8 Å². The zero-order valence-corrected chi connectivity index (χ0v) is 28.1. The van der Waals surface area contributed by atoms with Crippen molar-refractivity contribution >= 4 is 44.9 Å². The second-order valence-corrected chi connectivity index (χ2v) is 13.2. The first kappa shape index (κ1) is 33.2. The molecule has 0 spiro atoms. The Kier molecular flexibility index (Phi) is 9.90. The van der Waals surface area contributed by atoms with Crippen LogP contribution in [0.3, 0.4) is 0 Å². The topological polar surface area (TPSA) is 114 Å². The number of amides is 2. The minimum atomic E-state index is -1.76. The molecule has 9 heteroatoms. The summed E-state index contributed by atoms with van der Waals surface area (Å²) in [5, 5.41) is 17.7. The van der Waals surface area contributed by atoms with Gasteiger partial charge in [0.25, 0.3) is 0 Å². The Morgan fingerprint density at radius 2 is 1.48 bits per heavy atom. The minimum absolute atomic E-state index is 0.157. The van der Waals surface area contributed by atoms with E-state index in [0.29, 0.717) is 32.9 Å². The first-order valence-corrected chi connectivity index (χ1v) is 15.5. The number of Topliss-reactive ketones (excluding diaryl/α,β-unsaturated/α-hetero) is 1. The molecule has 234 valence electrons. The summed E-state index contributed by atoms with van der Waals surface area (Å²) in [4.78, 5) is 42.1. The van der Waals surface area contributed by atoms with Crippen LogP contribution in [0.1, 0.15) is 60.9 Å². The summed E-state index contributed by atoms with van der Waals surface area (Å²) in [6, 6.07) is 14.7. The number of anilines is 2. The number of nitrogens with one attached hydrogen (secondary N) is 2. The standard InChI is InChI=1S/C35H41BrN2O6/c1-18(2)44-32-24(36)15-23(16-28(32)43-8)29-30(33(40)37-25-11-9-19(3)13-21(25)5)27(39)17-35(7,42)31(29)34(41)38-26-12-10-20(4)14-22(26)6/h9-16,18,29-31,42H,17H2,1-8H3,(H,37,40)(H,38,41). The van der Waals surface area contributed by atoms with Crippen LogP contribution in [0.2, 0.25) is 0 Å². The zero-order chi connectivity index (χ0) is 32.5. The second-order valence-electron chi connectivity index (χ2n) is 12.3. The second kappa shape index (κ2) is 13.1. The van der Waals surface area contributed by atoms with Gasteiger partial charge in [0, 0.05) is 23.7 Å². The van der Waals surface area contributed by atoms with Gasteiger partial charge in [-0.3, -0.25) is 14.4 Å². The van der Waals surface area contributed by atoms with Crippen molar-refractivity contribution in [3.8, 4) is 11.5 Å². The Balaban J connectivity index is 1.88. The maximum Gasteiger partial charge on any atom is 0.235 e. The predicted octanol–water partition coefficient (Wildman–Crippen LogP) is 6.80. The summed E-state index contributed by atoms with van der Waals surface area (Å²) in [6.45, 7) is 12.9. The normalized spacial score (nSPS) is 21.6. The molecule has 2 amide bonds. The quantitative estimate of drug-likeness (QED) is 0.228. The average Bonchev–Trinajstić information content (AvgIpc) is 2.91. The van der Waals surface area contributed by atoms with Crippen molar-refractivity contribution in [2.24, 2.45) is 11.8 Å². The van der Waals surface area contributed by atoms with Gasteiger partial charge in [-0.2, -0.15) is 0 Å². The molecule has 3 aromatic carbocycles. The first-order valence-electron chi connectivity index (χ1n) is 14.7. The smallest absolute Gasteiger partial charge is 0.235 e. The summed E-state index contributed by atoms with van der Waals surface area (Å²) in [5.74, 6) is -4.19. The lowest BCUT2D eigenvalue weighted by atomic mass is 9.61. The largest absolute Gasteiger partial charge is 0.493 e. The molecule has 1 aliphatic rings. The number of hydrogen-bond donors (Lipinski definition) is 3. The van der Waals surface area contributed by atoms with Crippen LogP contribution in [0, 0.1) is 39.5 Å². The number of aryl methyl sites for hydroxylation is 4. The number of rotatable bonds is 8. The van der Waals surface area contributed by atoms with Gasteiger partial charge in [-0.1, -0.05) is 35.4 Å². The van der Waals surface area contributed by atoms with Crippen molar-refractivity contribution in [1.82, 2.24) is 0 Å². The molecule has 0 aliphatic heterocycles. The first-order chi connectivity index (χ1) is 20.6. The molecule has 0 heterocycles. The number of hydrogen-bond acceptors (Lipinski definition) is 6. The lowest BCUT2D eigenvalue weighted by Crippen LogP contribution is -2.56. The molecule has 0 saturated heterocycles. The molecule has 3 aromatic rings. The molecule has 4 atom stereocenters. The maximum atomic E-state index is 14.2. The fourth-order valence-electron chi connectivity index (χ4n) is 6.10. The highest BCUT2D eigenvalue weighted by Crippen LogP contribution is 2.49. The number of aliphatic hydroxyl groups is 1. The highest BCUT2D eigenvalue weighted by atomic mass is 79.9. The van der Waals surface area contributed by atoms with Gasteiger partial charge in [0.2, 0.25) is 11.8 Å². The van der Waals surface area contributed by atoms with Crippen molar-refractivity contribution in [2.75, 3.05) is 17.7 Å². The summed E-state index contributed by atoms with van der Waals surface area (Å²) < 4.78 is 12.2. The summed E-state index contributed by atoms with van der Waals surface area (Å²) in [7, 11) is 1.50. The molecule has 44 heavy (non-hydrogen) atoms. The Bertz CT molecular complexity index is 1600. The molecular formula is C35H41BrN2O6. The molecule has 1 saturated carbocycles. The number of ether oxygens (including phenoxy) is 2. The number of ketones is 1. The lowest BCUT2D eigenvalue weighted by Gasteiger charge is -2.44. The van der Waals surface area contributed by atoms with Gasteiger partial charge in [-0.15, -0.1) is 0 Å². The molecule has 4 rings (SSSR count).